The molecule has 3 nitrogen and oxygen atoms in total. The average Bonchev–Trinajstić information content (AvgIpc) is 2.89. The Morgan fingerprint density at radius 1 is 1.26 bits per heavy atom. The Morgan fingerprint density at radius 3 is 2.74 bits per heavy atom. The molecule has 0 bridgehead atoms. The van der Waals surface area contributed by atoms with E-state index >= 15 is 0 Å². The van der Waals surface area contributed by atoms with Crippen LogP contribution >= 0.6 is 11.6 Å². The van der Waals surface area contributed by atoms with Crippen LogP contribution in [-0.4, -0.2) is 18.5 Å². The van der Waals surface area contributed by atoms with Crippen LogP contribution in [0.25, 0.3) is 0 Å². The minimum atomic E-state index is -0.0345. The van der Waals surface area contributed by atoms with E-state index in [-0.39, 0.29) is 6.04 Å². The number of hydrogen-bond donors (Lipinski definition) is 1. The van der Waals surface area contributed by atoms with Gasteiger partial charge in [-0.3, -0.25) is 4.90 Å². The van der Waals surface area contributed by atoms with Crippen LogP contribution in [0.4, 0.5) is 0 Å². The maximum Gasteiger partial charge on any atom is 0.117 e. The van der Waals surface area contributed by atoms with E-state index in [1.807, 2.05) is 36.4 Å². The summed E-state index contributed by atoms with van der Waals surface area (Å²) in [4.78, 5) is 2.19. The van der Waals surface area contributed by atoms with Crippen molar-refractivity contribution in [3.05, 3.63) is 59.0 Å². The number of hydrogen-bond acceptors (Lipinski definition) is 3. The van der Waals surface area contributed by atoms with Crippen molar-refractivity contribution in [3.8, 4) is 0 Å². The first-order chi connectivity index (χ1) is 9.16. The van der Waals surface area contributed by atoms with Crippen LogP contribution in [0.1, 0.15) is 23.8 Å². The van der Waals surface area contributed by atoms with E-state index in [1.54, 1.807) is 6.26 Å². The Bertz CT molecular complexity index is 499. The van der Waals surface area contributed by atoms with Crippen molar-refractivity contribution in [3.63, 3.8) is 0 Å². The monoisotopic (exact) mass is 278 g/mol. The van der Waals surface area contributed by atoms with Gasteiger partial charge in [-0.2, -0.15) is 0 Å². The lowest BCUT2D eigenvalue weighted by Crippen LogP contribution is -2.23. The van der Waals surface area contributed by atoms with E-state index in [0.717, 1.165) is 35.9 Å². The minimum absolute atomic E-state index is 0.0345. The summed E-state index contributed by atoms with van der Waals surface area (Å²) in [5.41, 5.74) is 7.19. The molecule has 0 radical (unpaired) electrons. The molecule has 19 heavy (non-hydrogen) atoms. The van der Waals surface area contributed by atoms with Gasteiger partial charge in [0, 0.05) is 17.6 Å². The number of rotatable bonds is 6. The van der Waals surface area contributed by atoms with Crippen LogP contribution in [0, 0.1) is 0 Å². The van der Waals surface area contributed by atoms with Gasteiger partial charge in [0.15, 0.2) is 0 Å². The molecule has 1 atom stereocenters. The van der Waals surface area contributed by atoms with Crippen molar-refractivity contribution < 1.29 is 4.42 Å². The third kappa shape index (κ3) is 4.10. The Labute approximate surface area is 119 Å². The molecule has 102 valence electrons. The quantitative estimate of drug-likeness (QED) is 0.880. The van der Waals surface area contributed by atoms with Gasteiger partial charge in [-0.1, -0.05) is 29.8 Å². The first-order valence-electron chi connectivity index (χ1n) is 6.37. The topological polar surface area (TPSA) is 42.4 Å². The Morgan fingerprint density at radius 2 is 2.05 bits per heavy atom. The minimum Gasteiger partial charge on any atom is -0.468 e. The largest absolute Gasteiger partial charge is 0.468 e. The zero-order valence-electron chi connectivity index (χ0n) is 11.1. The van der Waals surface area contributed by atoms with Gasteiger partial charge >= 0.3 is 0 Å². The van der Waals surface area contributed by atoms with Crippen molar-refractivity contribution in [2.75, 3.05) is 13.6 Å². The number of benzene rings is 1. The van der Waals surface area contributed by atoms with Gasteiger partial charge in [0.2, 0.25) is 0 Å². The van der Waals surface area contributed by atoms with Gasteiger partial charge < -0.3 is 10.2 Å². The molecule has 1 heterocycles. The number of nitrogens with two attached hydrogens (primary N) is 1. The van der Waals surface area contributed by atoms with Crippen LogP contribution in [0.2, 0.25) is 5.02 Å². The van der Waals surface area contributed by atoms with E-state index in [4.69, 9.17) is 21.8 Å². The van der Waals surface area contributed by atoms with E-state index in [0.29, 0.717) is 0 Å². The Hall–Kier alpha value is -1.29. The van der Waals surface area contributed by atoms with E-state index < -0.39 is 0 Å². The van der Waals surface area contributed by atoms with Gasteiger partial charge in [0.25, 0.3) is 0 Å². The molecule has 2 aromatic rings. The van der Waals surface area contributed by atoms with Crippen molar-refractivity contribution in [2.45, 2.75) is 19.0 Å². The summed E-state index contributed by atoms with van der Waals surface area (Å²) in [6.07, 6.45) is 2.56. The van der Waals surface area contributed by atoms with Crippen molar-refractivity contribution in [2.24, 2.45) is 5.73 Å². The molecule has 0 amide bonds. The van der Waals surface area contributed by atoms with Gasteiger partial charge in [-0.05, 0) is 37.2 Å². The molecule has 0 aliphatic rings. The summed E-state index contributed by atoms with van der Waals surface area (Å²) in [5.74, 6) is 0.966. The molecule has 1 unspecified atom stereocenters. The summed E-state index contributed by atoms with van der Waals surface area (Å²) < 4.78 is 5.32. The number of halogens is 1. The van der Waals surface area contributed by atoms with Crippen LogP contribution < -0.4 is 5.73 Å². The predicted molar refractivity (Wildman–Crippen MR) is 78.0 cm³/mol. The fourth-order valence-corrected chi connectivity index (χ4v) is 2.31. The zero-order valence-corrected chi connectivity index (χ0v) is 11.8. The van der Waals surface area contributed by atoms with Gasteiger partial charge in [-0.15, -0.1) is 0 Å². The first kappa shape index (κ1) is 14.1. The number of furan rings is 1. The summed E-state index contributed by atoms with van der Waals surface area (Å²) in [6.45, 7) is 1.69. The Balaban J connectivity index is 1.83. The van der Waals surface area contributed by atoms with Crippen LogP contribution in [0.3, 0.4) is 0 Å². The normalized spacial score (nSPS) is 12.8. The van der Waals surface area contributed by atoms with E-state index in [1.165, 1.54) is 0 Å². The highest BCUT2D eigenvalue weighted by atomic mass is 35.5. The summed E-state index contributed by atoms with van der Waals surface area (Å²) in [5, 5.41) is 0.740. The predicted octanol–water partition coefficient (Wildman–Crippen LogP) is 3.45. The van der Waals surface area contributed by atoms with Crippen LogP contribution in [0.5, 0.6) is 0 Å². The highest BCUT2D eigenvalue weighted by molar-refractivity contribution is 6.31. The molecule has 4 heteroatoms. The number of nitrogens with zero attached hydrogens (tertiary/aromatic N) is 1. The smallest absolute Gasteiger partial charge is 0.117 e. The van der Waals surface area contributed by atoms with E-state index in [2.05, 4.69) is 11.9 Å². The Kier molecular flexibility index (Phi) is 5.02. The highest BCUT2D eigenvalue weighted by Gasteiger charge is 2.11. The second kappa shape index (κ2) is 6.75. The second-order valence-electron chi connectivity index (χ2n) is 4.73. The highest BCUT2D eigenvalue weighted by Crippen LogP contribution is 2.23. The van der Waals surface area contributed by atoms with Crippen molar-refractivity contribution in [1.82, 2.24) is 4.90 Å². The summed E-state index contributed by atoms with van der Waals surface area (Å²) in [6, 6.07) is 11.6. The first-order valence-corrected chi connectivity index (χ1v) is 6.75. The maximum atomic E-state index is 6.18. The fraction of sp³-hybridized carbons (Fsp3) is 0.333. The molecule has 2 N–H and O–H groups in total. The van der Waals surface area contributed by atoms with Gasteiger partial charge in [0.1, 0.15) is 5.76 Å². The molecule has 1 aromatic carbocycles. The molecule has 0 fully saturated rings. The van der Waals surface area contributed by atoms with Gasteiger partial charge in [-0.25, -0.2) is 0 Å². The summed E-state index contributed by atoms with van der Waals surface area (Å²) in [7, 11) is 2.06. The van der Waals surface area contributed by atoms with Crippen molar-refractivity contribution >= 4 is 11.6 Å². The molecule has 0 saturated carbocycles. The average molecular weight is 279 g/mol. The summed E-state index contributed by atoms with van der Waals surface area (Å²) >= 11 is 6.14. The van der Waals surface area contributed by atoms with Crippen LogP contribution in [0.15, 0.2) is 47.1 Å². The molecule has 2 rings (SSSR count). The standard InChI is InChI=1S/C15H19ClN2O/c1-18(11-12-5-4-10-19-12)9-8-15(17)13-6-2-3-7-14(13)16/h2-7,10,15H,8-9,11,17H2,1H3. The second-order valence-corrected chi connectivity index (χ2v) is 5.14. The lowest BCUT2D eigenvalue weighted by atomic mass is 10.0. The molecule has 0 spiro atoms. The maximum absolute atomic E-state index is 6.18. The van der Waals surface area contributed by atoms with Crippen molar-refractivity contribution in [1.29, 1.82) is 0 Å². The molecule has 0 aliphatic carbocycles. The lowest BCUT2D eigenvalue weighted by molar-refractivity contribution is 0.284. The third-order valence-electron chi connectivity index (χ3n) is 3.13. The molecule has 0 saturated heterocycles. The molecule has 0 aliphatic heterocycles. The van der Waals surface area contributed by atoms with Gasteiger partial charge in [0.05, 0.1) is 12.8 Å². The lowest BCUT2D eigenvalue weighted by Gasteiger charge is -2.19. The SMILES string of the molecule is CN(CCC(N)c1ccccc1Cl)Cc1ccco1. The molecular formula is C15H19ClN2O. The zero-order chi connectivity index (χ0) is 13.7. The van der Waals surface area contributed by atoms with E-state index in [9.17, 15) is 0 Å². The molecule has 1 aromatic heterocycles. The third-order valence-corrected chi connectivity index (χ3v) is 3.48. The van der Waals surface area contributed by atoms with Crippen LogP contribution in [-0.2, 0) is 6.54 Å². The molecular weight excluding hydrogens is 260 g/mol. The fourth-order valence-electron chi connectivity index (χ4n) is 2.04.